The molecule has 1 aliphatic rings. The summed E-state index contributed by atoms with van der Waals surface area (Å²) in [4.78, 5) is 30.2. The van der Waals surface area contributed by atoms with Gasteiger partial charge in [0, 0.05) is 50.0 Å². The summed E-state index contributed by atoms with van der Waals surface area (Å²) in [6.07, 6.45) is 5.44. The van der Waals surface area contributed by atoms with Gasteiger partial charge in [-0.2, -0.15) is 0 Å². The first-order valence-corrected chi connectivity index (χ1v) is 12.2. The van der Waals surface area contributed by atoms with Crippen molar-refractivity contribution in [3.63, 3.8) is 0 Å². The van der Waals surface area contributed by atoms with Crippen LogP contribution >= 0.6 is 0 Å². The standard InChI is InChI=1S/C28H39N3O2/c1-20(2)18-31(28(33)23-13-9-10-21(3)16-23)19-24-17-25(14-15-26(24)30(4)5)29-27(32)22-11-7-6-8-12-22/h9-10,13-17,20,22H,6-8,11-12,18-19H2,1-5H3,(H,29,32). The molecule has 1 aliphatic carbocycles. The first-order valence-electron chi connectivity index (χ1n) is 12.2. The molecule has 0 aromatic heterocycles. The van der Waals surface area contributed by atoms with Crippen LogP contribution in [0.25, 0.3) is 0 Å². The number of aryl methyl sites for hydroxylation is 1. The molecule has 0 spiro atoms. The second kappa shape index (κ2) is 11.4. The van der Waals surface area contributed by atoms with Crippen molar-refractivity contribution in [1.29, 1.82) is 0 Å². The van der Waals surface area contributed by atoms with Gasteiger partial charge in [-0.25, -0.2) is 0 Å². The molecule has 1 saturated carbocycles. The molecule has 2 aromatic rings. The molecular formula is C28H39N3O2. The molecule has 1 fully saturated rings. The Labute approximate surface area is 199 Å². The fourth-order valence-corrected chi connectivity index (χ4v) is 4.66. The Morgan fingerprint density at radius 3 is 2.39 bits per heavy atom. The predicted octanol–water partition coefficient (Wildman–Crippen LogP) is 5.88. The lowest BCUT2D eigenvalue weighted by molar-refractivity contribution is -0.120. The summed E-state index contributed by atoms with van der Waals surface area (Å²) in [5, 5.41) is 3.14. The second-order valence-electron chi connectivity index (χ2n) is 10.0. The van der Waals surface area contributed by atoms with Crippen LogP contribution in [0.2, 0.25) is 0 Å². The number of nitrogens with zero attached hydrogens (tertiary/aromatic N) is 2. The van der Waals surface area contributed by atoms with Gasteiger partial charge in [-0.3, -0.25) is 9.59 Å². The highest BCUT2D eigenvalue weighted by molar-refractivity contribution is 5.95. The summed E-state index contributed by atoms with van der Waals surface area (Å²) in [6.45, 7) is 7.42. The van der Waals surface area contributed by atoms with E-state index < -0.39 is 0 Å². The van der Waals surface area contributed by atoms with Gasteiger partial charge in [-0.05, 0) is 61.6 Å². The number of hydrogen-bond donors (Lipinski definition) is 1. The molecule has 0 aliphatic heterocycles. The van der Waals surface area contributed by atoms with Crippen LogP contribution < -0.4 is 10.2 Å². The maximum Gasteiger partial charge on any atom is 0.254 e. The van der Waals surface area contributed by atoms with Gasteiger partial charge in [0.2, 0.25) is 5.91 Å². The smallest absolute Gasteiger partial charge is 0.254 e. The van der Waals surface area contributed by atoms with E-state index in [4.69, 9.17) is 0 Å². The Kier molecular flexibility index (Phi) is 8.54. The normalized spacial score (nSPS) is 14.2. The number of anilines is 2. The van der Waals surface area contributed by atoms with Crippen LogP contribution in [0.4, 0.5) is 11.4 Å². The summed E-state index contributed by atoms with van der Waals surface area (Å²) in [5.74, 6) is 0.605. The minimum atomic E-state index is 0.0359. The van der Waals surface area contributed by atoms with E-state index in [1.165, 1.54) is 6.42 Å². The van der Waals surface area contributed by atoms with E-state index in [2.05, 4.69) is 24.1 Å². The molecule has 2 amide bonds. The fourth-order valence-electron chi connectivity index (χ4n) is 4.66. The van der Waals surface area contributed by atoms with E-state index in [-0.39, 0.29) is 17.7 Å². The average molecular weight is 450 g/mol. The van der Waals surface area contributed by atoms with E-state index in [0.29, 0.717) is 24.6 Å². The number of benzene rings is 2. The summed E-state index contributed by atoms with van der Waals surface area (Å²) in [5.41, 5.74) is 4.67. The number of rotatable bonds is 8. The van der Waals surface area contributed by atoms with Crippen LogP contribution in [0.15, 0.2) is 42.5 Å². The Morgan fingerprint density at radius 2 is 1.76 bits per heavy atom. The zero-order chi connectivity index (χ0) is 24.0. The molecule has 33 heavy (non-hydrogen) atoms. The van der Waals surface area contributed by atoms with Gasteiger partial charge in [0.25, 0.3) is 5.91 Å². The number of amides is 2. The van der Waals surface area contributed by atoms with Crippen LogP contribution in [0.3, 0.4) is 0 Å². The minimum absolute atomic E-state index is 0.0359. The van der Waals surface area contributed by atoms with Crippen LogP contribution in [0.5, 0.6) is 0 Å². The maximum atomic E-state index is 13.4. The van der Waals surface area contributed by atoms with Crippen molar-refractivity contribution in [2.24, 2.45) is 11.8 Å². The molecule has 178 valence electrons. The molecular weight excluding hydrogens is 410 g/mol. The third-order valence-corrected chi connectivity index (χ3v) is 6.30. The van der Waals surface area contributed by atoms with Gasteiger partial charge < -0.3 is 15.1 Å². The van der Waals surface area contributed by atoms with Gasteiger partial charge in [-0.15, -0.1) is 0 Å². The molecule has 1 N–H and O–H groups in total. The van der Waals surface area contributed by atoms with Gasteiger partial charge in [0.1, 0.15) is 0 Å². The summed E-state index contributed by atoms with van der Waals surface area (Å²) in [7, 11) is 4.02. The monoisotopic (exact) mass is 449 g/mol. The molecule has 0 saturated heterocycles. The fraction of sp³-hybridized carbons (Fsp3) is 0.500. The first-order chi connectivity index (χ1) is 15.7. The maximum absolute atomic E-state index is 13.4. The highest BCUT2D eigenvalue weighted by Crippen LogP contribution is 2.28. The van der Waals surface area contributed by atoms with Gasteiger partial charge in [0.15, 0.2) is 0 Å². The van der Waals surface area contributed by atoms with Crippen molar-refractivity contribution in [3.05, 3.63) is 59.2 Å². The highest BCUT2D eigenvalue weighted by atomic mass is 16.2. The van der Waals surface area contributed by atoms with Crippen LogP contribution in [-0.4, -0.2) is 37.4 Å². The van der Waals surface area contributed by atoms with E-state index in [0.717, 1.165) is 48.2 Å². The average Bonchev–Trinajstić information content (AvgIpc) is 2.78. The molecule has 2 aromatic carbocycles. The molecule has 0 radical (unpaired) electrons. The molecule has 3 rings (SSSR count). The minimum Gasteiger partial charge on any atom is -0.377 e. The Hall–Kier alpha value is -2.82. The number of hydrogen-bond acceptors (Lipinski definition) is 3. The summed E-state index contributed by atoms with van der Waals surface area (Å²) >= 11 is 0. The lowest BCUT2D eigenvalue weighted by Crippen LogP contribution is -2.34. The van der Waals surface area contributed by atoms with Crippen molar-refractivity contribution in [2.45, 2.75) is 59.4 Å². The third-order valence-electron chi connectivity index (χ3n) is 6.30. The Bertz CT molecular complexity index is 961. The molecule has 0 heterocycles. The largest absolute Gasteiger partial charge is 0.377 e. The van der Waals surface area contributed by atoms with E-state index in [1.54, 1.807) is 0 Å². The van der Waals surface area contributed by atoms with E-state index in [9.17, 15) is 9.59 Å². The van der Waals surface area contributed by atoms with Crippen molar-refractivity contribution < 1.29 is 9.59 Å². The highest BCUT2D eigenvalue weighted by Gasteiger charge is 2.23. The summed E-state index contributed by atoms with van der Waals surface area (Å²) < 4.78 is 0. The van der Waals surface area contributed by atoms with Crippen molar-refractivity contribution in [1.82, 2.24) is 4.90 Å². The lowest BCUT2D eigenvalue weighted by Gasteiger charge is -2.28. The van der Waals surface area contributed by atoms with Crippen LogP contribution in [0, 0.1) is 18.8 Å². The predicted molar refractivity (Wildman–Crippen MR) is 137 cm³/mol. The molecule has 5 heteroatoms. The molecule has 0 unspecified atom stereocenters. The zero-order valence-electron chi connectivity index (χ0n) is 20.9. The van der Waals surface area contributed by atoms with Crippen molar-refractivity contribution in [3.8, 4) is 0 Å². The number of carbonyl (C=O) groups excluding carboxylic acids is 2. The Balaban J connectivity index is 1.86. The SMILES string of the molecule is Cc1cccc(C(=O)N(Cc2cc(NC(=O)C3CCCCC3)ccc2N(C)C)CC(C)C)c1. The number of nitrogens with one attached hydrogen (secondary N) is 1. The van der Waals surface area contributed by atoms with Crippen molar-refractivity contribution in [2.75, 3.05) is 30.9 Å². The van der Waals surface area contributed by atoms with Gasteiger partial charge >= 0.3 is 0 Å². The second-order valence-corrected chi connectivity index (χ2v) is 10.0. The van der Waals surface area contributed by atoms with Crippen LogP contribution in [-0.2, 0) is 11.3 Å². The third kappa shape index (κ3) is 6.83. The van der Waals surface area contributed by atoms with Crippen LogP contribution in [0.1, 0.15) is 67.4 Å². The van der Waals surface area contributed by atoms with Gasteiger partial charge in [-0.1, -0.05) is 50.8 Å². The van der Waals surface area contributed by atoms with E-state index in [1.807, 2.05) is 68.4 Å². The quantitative estimate of drug-likeness (QED) is 0.548. The summed E-state index contributed by atoms with van der Waals surface area (Å²) in [6, 6.07) is 13.8. The molecule has 0 atom stereocenters. The lowest BCUT2D eigenvalue weighted by atomic mass is 9.88. The zero-order valence-corrected chi connectivity index (χ0v) is 20.9. The number of carbonyl (C=O) groups is 2. The molecule has 5 nitrogen and oxygen atoms in total. The topological polar surface area (TPSA) is 52.7 Å². The Morgan fingerprint density at radius 1 is 1.03 bits per heavy atom. The van der Waals surface area contributed by atoms with Crippen molar-refractivity contribution >= 4 is 23.2 Å². The van der Waals surface area contributed by atoms with Gasteiger partial charge in [0.05, 0.1) is 0 Å². The molecule has 0 bridgehead atoms. The van der Waals surface area contributed by atoms with E-state index >= 15 is 0 Å². The first kappa shape index (κ1) is 24.8.